The summed E-state index contributed by atoms with van der Waals surface area (Å²) < 4.78 is 2.74. The van der Waals surface area contributed by atoms with Crippen molar-refractivity contribution < 1.29 is 4.92 Å². The molecule has 2 aromatic heterocycles. The number of aromatic nitrogens is 4. The molecule has 0 N–H and O–H groups in total. The molecule has 0 aliphatic rings. The van der Waals surface area contributed by atoms with Crippen molar-refractivity contribution in [3.63, 3.8) is 0 Å². The van der Waals surface area contributed by atoms with Crippen molar-refractivity contribution in [1.82, 2.24) is 19.6 Å². The van der Waals surface area contributed by atoms with Crippen molar-refractivity contribution in [2.24, 2.45) is 7.05 Å². The Hall–Kier alpha value is -2.18. The lowest BCUT2D eigenvalue weighted by atomic mass is 10.5. The SMILES string of the molecule is Cn1cc([N+](=O)[O-])c(-n2cccn2)n1. The zero-order valence-electron chi connectivity index (χ0n) is 7.36. The normalized spacial score (nSPS) is 10.4. The second kappa shape index (κ2) is 2.95. The number of nitrogens with zero attached hydrogens (tertiary/aromatic N) is 5. The standard InChI is InChI=1S/C7H7N5O2/c1-10-5-6(12(13)14)7(9-10)11-4-2-3-8-11/h2-5H,1H3. The molecule has 0 saturated carbocycles. The van der Waals surface area contributed by atoms with Gasteiger partial charge in [-0.05, 0) is 6.07 Å². The second-order valence-corrected chi connectivity index (χ2v) is 2.72. The predicted octanol–water partition coefficient (Wildman–Crippen LogP) is 0.514. The van der Waals surface area contributed by atoms with Crippen LogP contribution in [-0.2, 0) is 7.05 Å². The summed E-state index contributed by atoms with van der Waals surface area (Å²) in [4.78, 5) is 10.2. The number of hydrogen-bond acceptors (Lipinski definition) is 4. The zero-order valence-corrected chi connectivity index (χ0v) is 7.36. The van der Waals surface area contributed by atoms with Gasteiger partial charge in [0.05, 0.1) is 4.92 Å². The fourth-order valence-corrected chi connectivity index (χ4v) is 1.15. The highest BCUT2D eigenvalue weighted by atomic mass is 16.6. The first-order chi connectivity index (χ1) is 6.68. The largest absolute Gasteiger partial charge is 0.333 e. The van der Waals surface area contributed by atoms with Crippen molar-refractivity contribution in [1.29, 1.82) is 0 Å². The molecule has 14 heavy (non-hydrogen) atoms. The van der Waals surface area contributed by atoms with E-state index in [0.717, 1.165) is 0 Å². The van der Waals surface area contributed by atoms with E-state index in [1.807, 2.05) is 0 Å². The van der Waals surface area contributed by atoms with E-state index in [1.165, 1.54) is 15.6 Å². The van der Waals surface area contributed by atoms with Crippen molar-refractivity contribution in [2.75, 3.05) is 0 Å². The van der Waals surface area contributed by atoms with Crippen LogP contribution in [-0.4, -0.2) is 24.5 Å². The van der Waals surface area contributed by atoms with Crippen LogP contribution in [0.3, 0.4) is 0 Å². The first-order valence-corrected chi connectivity index (χ1v) is 3.86. The summed E-state index contributed by atoms with van der Waals surface area (Å²) >= 11 is 0. The Morgan fingerprint density at radius 2 is 2.36 bits per heavy atom. The number of nitro groups is 1. The minimum Gasteiger partial charge on any atom is -0.266 e. The fourth-order valence-electron chi connectivity index (χ4n) is 1.15. The molecule has 0 bridgehead atoms. The van der Waals surface area contributed by atoms with Crippen LogP contribution in [0.15, 0.2) is 24.7 Å². The quantitative estimate of drug-likeness (QED) is 0.514. The Bertz CT molecular complexity index is 458. The summed E-state index contributed by atoms with van der Waals surface area (Å²) in [6, 6.07) is 1.68. The number of rotatable bonds is 2. The molecule has 0 unspecified atom stereocenters. The highest BCUT2D eigenvalue weighted by Gasteiger charge is 2.19. The summed E-state index contributed by atoms with van der Waals surface area (Å²) in [7, 11) is 1.62. The molecule has 0 aliphatic carbocycles. The van der Waals surface area contributed by atoms with E-state index >= 15 is 0 Å². The summed E-state index contributed by atoms with van der Waals surface area (Å²) in [5.41, 5.74) is -0.0591. The van der Waals surface area contributed by atoms with E-state index in [0.29, 0.717) is 0 Å². The maximum Gasteiger partial charge on any atom is 0.333 e. The van der Waals surface area contributed by atoms with Gasteiger partial charge >= 0.3 is 5.69 Å². The summed E-state index contributed by atoms with van der Waals surface area (Å²) in [5, 5.41) is 18.5. The third kappa shape index (κ3) is 1.24. The van der Waals surface area contributed by atoms with Crippen molar-refractivity contribution in [3.05, 3.63) is 34.8 Å². The van der Waals surface area contributed by atoms with Gasteiger partial charge in [-0.15, -0.1) is 5.10 Å². The molecular weight excluding hydrogens is 186 g/mol. The minimum atomic E-state index is -0.482. The van der Waals surface area contributed by atoms with Crippen LogP contribution in [0, 0.1) is 10.1 Å². The van der Waals surface area contributed by atoms with E-state index in [1.54, 1.807) is 25.5 Å². The summed E-state index contributed by atoms with van der Waals surface area (Å²) in [6.07, 6.45) is 4.49. The molecule has 0 aromatic carbocycles. The maximum atomic E-state index is 10.6. The summed E-state index contributed by atoms with van der Waals surface area (Å²) in [5.74, 6) is 0.225. The van der Waals surface area contributed by atoms with Crippen LogP contribution in [0.2, 0.25) is 0 Å². The van der Waals surface area contributed by atoms with Gasteiger partial charge in [0.25, 0.3) is 5.82 Å². The molecule has 0 aliphatic heterocycles. The highest BCUT2D eigenvalue weighted by molar-refractivity contribution is 5.44. The van der Waals surface area contributed by atoms with Crippen LogP contribution in [0.1, 0.15) is 0 Å². The van der Waals surface area contributed by atoms with E-state index < -0.39 is 4.92 Å². The van der Waals surface area contributed by atoms with Gasteiger partial charge in [-0.25, -0.2) is 4.68 Å². The topological polar surface area (TPSA) is 78.8 Å². The summed E-state index contributed by atoms with van der Waals surface area (Å²) in [6.45, 7) is 0. The van der Waals surface area contributed by atoms with E-state index in [4.69, 9.17) is 0 Å². The molecule has 0 fully saturated rings. The molecule has 0 saturated heterocycles. The first-order valence-electron chi connectivity index (χ1n) is 3.86. The molecule has 2 heterocycles. The number of hydrogen-bond donors (Lipinski definition) is 0. The van der Waals surface area contributed by atoms with Crippen molar-refractivity contribution in [2.45, 2.75) is 0 Å². The molecule has 2 aromatic rings. The second-order valence-electron chi connectivity index (χ2n) is 2.72. The molecule has 7 nitrogen and oxygen atoms in total. The lowest BCUT2D eigenvalue weighted by Crippen LogP contribution is -1.99. The molecule has 0 spiro atoms. The van der Waals surface area contributed by atoms with Crippen molar-refractivity contribution >= 4 is 5.69 Å². The van der Waals surface area contributed by atoms with E-state index in [-0.39, 0.29) is 11.5 Å². The first kappa shape index (κ1) is 8.42. The molecule has 2 rings (SSSR count). The molecular formula is C7H7N5O2. The van der Waals surface area contributed by atoms with Gasteiger partial charge in [0.2, 0.25) is 0 Å². The monoisotopic (exact) mass is 193 g/mol. The Kier molecular flexibility index (Phi) is 1.77. The Balaban J connectivity index is 2.58. The molecule has 0 amide bonds. The predicted molar refractivity (Wildman–Crippen MR) is 47.0 cm³/mol. The minimum absolute atomic E-state index is 0.0591. The van der Waals surface area contributed by atoms with Crippen LogP contribution in [0.25, 0.3) is 5.82 Å². The number of aryl methyl sites for hydroxylation is 1. The zero-order chi connectivity index (χ0) is 10.1. The van der Waals surface area contributed by atoms with Gasteiger partial charge in [0.1, 0.15) is 6.20 Å². The third-order valence-corrected chi connectivity index (χ3v) is 1.71. The van der Waals surface area contributed by atoms with Gasteiger partial charge in [-0.2, -0.15) is 5.10 Å². The Labute approximate surface area is 78.7 Å². The third-order valence-electron chi connectivity index (χ3n) is 1.71. The lowest BCUT2D eigenvalue weighted by Gasteiger charge is -1.93. The van der Waals surface area contributed by atoms with Gasteiger partial charge in [0, 0.05) is 19.4 Å². The molecule has 0 radical (unpaired) electrons. The fraction of sp³-hybridized carbons (Fsp3) is 0.143. The average Bonchev–Trinajstić information content (AvgIpc) is 2.70. The van der Waals surface area contributed by atoms with Gasteiger partial charge in [0.15, 0.2) is 0 Å². The Morgan fingerprint density at radius 1 is 1.57 bits per heavy atom. The highest BCUT2D eigenvalue weighted by Crippen LogP contribution is 2.18. The smallest absolute Gasteiger partial charge is 0.266 e. The molecule has 72 valence electrons. The van der Waals surface area contributed by atoms with Gasteiger partial charge < -0.3 is 0 Å². The van der Waals surface area contributed by atoms with Crippen molar-refractivity contribution in [3.8, 4) is 5.82 Å². The van der Waals surface area contributed by atoms with Gasteiger partial charge in [-0.3, -0.25) is 14.8 Å². The van der Waals surface area contributed by atoms with Crippen LogP contribution < -0.4 is 0 Å². The van der Waals surface area contributed by atoms with Crippen LogP contribution in [0.5, 0.6) is 0 Å². The van der Waals surface area contributed by atoms with E-state index in [2.05, 4.69) is 10.2 Å². The average molecular weight is 193 g/mol. The lowest BCUT2D eigenvalue weighted by molar-refractivity contribution is -0.384. The maximum absolute atomic E-state index is 10.6. The van der Waals surface area contributed by atoms with Gasteiger partial charge in [-0.1, -0.05) is 0 Å². The Morgan fingerprint density at radius 3 is 2.93 bits per heavy atom. The molecule has 7 heteroatoms. The van der Waals surface area contributed by atoms with Crippen LogP contribution in [0.4, 0.5) is 5.69 Å². The molecule has 0 atom stereocenters. The van der Waals surface area contributed by atoms with E-state index in [9.17, 15) is 10.1 Å². The van der Waals surface area contributed by atoms with Crippen LogP contribution >= 0.6 is 0 Å².